The number of carbonyl (C=O) groups excluding carboxylic acids is 2. The van der Waals surface area contributed by atoms with Gasteiger partial charge in [0.15, 0.2) is 5.69 Å². The Balaban J connectivity index is 1.66. The first-order valence-electron chi connectivity index (χ1n) is 10.5. The van der Waals surface area contributed by atoms with E-state index in [1.54, 1.807) is 0 Å². The summed E-state index contributed by atoms with van der Waals surface area (Å²) in [5.41, 5.74) is -1.10. The highest BCUT2D eigenvalue weighted by Gasteiger charge is 2.58. The van der Waals surface area contributed by atoms with Crippen LogP contribution in [0, 0.1) is 12.5 Å². The standard InChI is InChI=1S/C21H25F3N4O5S/c1-25-16-7-6-14(17(11-16)33-21(22,23)24)12-26-18(29)15-5-4-10-28(13-15)19(30)20(8-9-20)27(2)34(3,31)32/h6-7,11,15H,4-5,8-10,12-13H2,2-3H3,(H,26,29)/t15-/m1/s1. The number of hydrogen-bond acceptors (Lipinski definition) is 5. The van der Waals surface area contributed by atoms with E-state index in [0.717, 1.165) is 16.6 Å². The molecule has 2 amide bonds. The number of rotatable bonds is 7. The van der Waals surface area contributed by atoms with Gasteiger partial charge < -0.3 is 15.0 Å². The number of alkyl halides is 3. The summed E-state index contributed by atoms with van der Waals surface area (Å²) < 4.78 is 67.2. The van der Waals surface area contributed by atoms with Gasteiger partial charge in [0.2, 0.25) is 21.8 Å². The molecule has 0 aromatic heterocycles. The summed E-state index contributed by atoms with van der Waals surface area (Å²) in [5.74, 6) is -1.94. The molecule has 1 aliphatic carbocycles. The van der Waals surface area contributed by atoms with E-state index in [1.165, 1.54) is 24.1 Å². The summed E-state index contributed by atoms with van der Waals surface area (Å²) in [4.78, 5) is 30.4. The topological polar surface area (TPSA) is 100 Å². The molecule has 3 rings (SSSR count). The summed E-state index contributed by atoms with van der Waals surface area (Å²) in [6, 6.07) is 3.56. The molecule has 0 radical (unpaired) electrons. The Morgan fingerprint density at radius 2 is 2.03 bits per heavy atom. The molecule has 34 heavy (non-hydrogen) atoms. The molecule has 1 aromatic rings. The second kappa shape index (κ2) is 9.42. The lowest BCUT2D eigenvalue weighted by atomic mass is 9.96. The predicted molar refractivity (Wildman–Crippen MR) is 115 cm³/mol. The number of likely N-dealkylation sites (N-methyl/N-ethyl adjacent to an activating group) is 1. The van der Waals surface area contributed by atoms with Gasteiger partial charge in [-0.25, -0.2) is 13.3 Å². The van der Waals surface area contributed by atoms with E-state index in [2.05, 4.69) is 14.9 Å². The number of nitrogens with zero attached hydrogens (tertiary/aromatic N) is 3. The number of likely N-dealkylation sites (tertiary alicyclic amines) is 1. The molecule has 1 aromatic carbocycles. The molecule has 186 valence electrons. The fraction of sp³-hybridized carbons (Fsp3) is 0.571. The lowest BCUT2D eigenvalue weighted by Gasteiger charge is -2.36. The molecule has 0 bridgehead atoms. The van der Waals surface area contributed by atoms with Gasteiger partial charge in [0.05, 0.1) is 18.7 Å². The van der Waals surface area contributed by atoms with Crippen molar-refractivity contribution in [3.63, 3.8) is 0 Å². The number of hydrogen-bond donors (Lipinski definition) is 1. The van der Waals surface area contributed by atoms with Gasteiger partial charge in [-0.15, -0.1) is 13.2 Å². The normalized spacial score (nSPS) is 19.9. The maximum absolute atomic E-state index is 13.1. The molecule has 1 N–H and O–H groups in total. The Bertz CT molecular complexity index is 1110. The second-order valence-corrected chi connectivity index (χ2v) is 10.5. The first-order valence-corrected chi connectivity index (χ1v) is 12.4. The molecule has 13 heteroatoms. The molecule has 1 saturated heterocycles. The minimum atomic E-state index is -4.96. The van der Waals surface area contributed by atoms with Crippen LogP contribution in [-0.2, 0) is 26.2 Å². The van der Waals surface area contributed by atoms with E-state index in [4.69, 9.17) is 6.57 Å². The number of carbonyl (C=O) groups is 2. The monoisotopic (exact) mass is 502 g/mol. The highest BCUT2D eigenvalue weighted by molar-refractivity contribution is 7.88. The molecule has 2 fully saturated rings. The fourth-order valence-corrected chi connectivity index (χ4v) is 4.97. The Morgan fingerprint density at radius 1 is 1.35 bits per heavy atom. The van der Waals surface area contributed by atoms with Crippen molar-refractivity contribution in [3.8, 4) is 5.75 Å². The van der Waals surface area contributed by atoms with Gasteiger partial charge in [-0.2, -0.15) is 4.31 Å². The number of sulfonamides is 1. The zero-order valence-corrected chi connectivity index (χ0v) is 19.5. The zero-order valence-electron chi connectivity index (χ0n) is 18.7. The van der Waals surface area contributed by atoms with Gasteiger partial charge in [-0.05, 0) is 31.7 Å². The minimum Gasteiger partial charge on any atom is -0.407 e. The average molecular weight is 503 g/mol. The largest absolute Gasteiger partial charge is 0.573 e. The van der Waals surface area contributed by atoms with E-state index in [1.807, 2.05) is 0 Å². The number of benzene rings is 1. The zero-order chi connectivity index (χ0) is 25.3. The molecule has 0 unspecified atom stereocenters. The van der Waals surface area contributed by atoms with Gasteiger partial charge in [-0.3, -0.25) is 9.59 Å². The summed E-state index contributed by atoms with van der Waals surface area (Å²) >= 11 is 0. The minimum absolute atomic E-state index is 0.0381. The van der Waals surface area contributed by atoms with E-state index >= 15 is 0 Å². The first kappa shape index (κ1) is 25.8. The highest BCUT2D eigenvalue weighted by atomic mass is 32.2. The van der Waals surface area contributed by atoms with Crippen LogP contribution in [0.15, 0.2) is 18.2 Å². The van der Waals surface area contributed by atoms with Crippen LogP contribution in [-0.4, -0.2) is 67.7 Å². The SMILES string of the molecule is [C-]#[N+]c1ccc(CNC(=O)[C@@H]2CCCN(C(=O)C3(N(C)S(C)(=O)=O)CC3)C2)c(OC(F)(F)F)c1. The van der Waals surface area contributed by atoms with Gasteiger partial charge >= 0.3 is 6.36 Å². The van der Waals surface area contributed by atoms with E-state index in [0.29, 0.717) is 32.2 Å². The van der Waals surface area contributed by atoms with Crippen LogP contribution < -0.4 is 10.1 Å². The number of amides is 2. The maximum atomic E-state index is 13.1. The van der Waals surface area contributed by atoms with Gasteiger partial charge in [0, 0.05) is 32.2 Å². The molecule has 9 nitrogen and oxygen atoms in total. The Kier molecular flexibility index (Phi) is 7.14. The summed E-state index contributed by atoms with van der Waals surface area (Å²) in [6.45, 7) is 7.18. The van der Waals surface area contributed by atoms with Gasteiger partial charge in [-0.1, -0.05) is 12.1 Å². The van der Waals surface area contributed by atoms with Crippen molar-refractivity contribution in [3.05, 3.63) is 35.2 Å². The fourth-order valence-electron chi connectivity index (χ4n) is 4.07. The van der Waals surface area contributed by atoms with Crippen LogP contribution in [0.5, 0.6) is 5.75 Å². The van der Waals surface area contributed by atoms with Crippen LogP contribution in [0.4, 0.5) is 18.9 Å². The Labute approximate surface area is 195 Å². The lowest BCUT2D eigenvalue weighted by Crippen LogP contribution is -2.54. The third-order valence-electron chi connectivity index (χ3n) is 6.16. The molecule has 1 atom stereocenters. The van der Waals surface area contributed by atoms with Crippen LogP contribution in [0.2, 0.25) is 0 Å². The van der Waals surface area contributed by atoms with E-state index < -0.39 is 39.5 Å². The number of piperidine rings is 1. The van der Waals surface area contributed by atoms with Crippen molar-refractivity contribution >= 4 is 27.5 Å². The van der Waals surface area contributed by atoms with Crippen LogP contribution in [0.25, 0.3) is 4.85 Å². The van der Waals surface area contributed by atoms with Crippen molar-refractivity contribution in [1.29, 1.82) is 0 Å². The maximum Gasteiger partial charge on any atom is 0.573 e. The van der Waals surface area contributed by atoms with Crippen molar-refractivity contribution in [1.82, 2.24) is 14.5 Å². The van der Waals surface area contributed by atoms with Crippen LogP contribution in [0.1, 0.15) is 31.2 Å². The molecular weight excluding hydrogens is 477 g/mol. The predicted octanol–water partition coefficient (Wildman–Crippen LogP) is 2.41. The van der Waals surface area contributed by atoms with Crippen LogP contribution in [0.3, 0.4) is 0 Å². The van der Waals surface area contributed by atoms with E-state index in [9.17, 15) is 31.2 Å². The quantitative estimate of drug-likeness (QED) is 0.578. The Morgan fingerprint density at radius 3 is 2.59 bits per heavy atom. The molecular formula is C21H25F3N4O5S. The number of halogens is 3. The average Bonchev–Trinajstić information content (AvgIpc) is 3.57. The third kappa shape index (κ3) is 5.79. The number of nitrogens with one attached hydrogen (secondary N) is 1. The summed E-state index contributed by atoms with van der Waals surface area (Å²) in [5, 5.41) is 2.59. The first-order chi connectivity index (χ1) is 15.8. The molecule has 1 aliphatic heterocycles. The van der Waals surface area contributed by atoms with Crippen molar-refractivity contribution in [2.75, 3.05) is 26.4 Å². The summed E-state index contributed by atoms with van der Waals surface area (Å²) in [6.07, 6.45) is -2.09. The summed E-state index contributed by atoms with van der Waals surface area (Å²) in [7, 11) is -2.21. The van der Waals surface area contributed by atoms with Crippen molar-refractivity contribution in [2.24, 2.45) is 5.92 Å². The molecule has 2 aliphatic rings. The second-order valence-electron chi connectivity index (χ2n) is 8.52. The smallest absolute Gasteiger partial charge is 0.407 e. The lowest BCUT2D eigenvalue weighted by molar-refractivity contribution is -0.274. The van der Waals surface area contributed by atoms with Crippen molar-refractivity contribution in [2.45, 2.75) is 44.1 Å². The third-order valence-corrected chi connectivity index (χ3v) is 7.50. The number of ether oxygens (including phenoxy) is 1. The van der Waals surface area contributed by atoms with E-state index in [-0.39, 0.29) is 30.2 Å². The highest BCUT2D eigenvalue weighted by Crippen LogP contribution is 2.44. The molecule has 0 spiro atoms. The van der Waals surface area contributed by atoms with Gasteiger partial charge in [0.25, 0.3) is 0 Å². The van der Waals surface area contributed by atoms with Crippen molar-refractivity contribution < 1.29 is 35.9 Å². The molecule has 1 saturated carbocycles. The van der Waals surface area contributed by atoms with Gasteiger partial charge in [0.1, 0.15) is 11.3 Å². The molecule has 1 heterocycles. The Hall–Kier alpha value is -2.85. The van der Waals surface area contributed by atoms with Crippen LogP contribution >= 0.6 is 0 Å².